The van der Waals surface area contributed by atoms with E-state index in [1.165, 1.54) is 26.2 Å². The van der Waals surface area contributed by atoms with Crippen LogP contribution in [0.2, 0.25) is 0 Å². The van der Waals surface area contributed by atoms with Gasteiger partial charge in [-0.25, -0.2) is 4.79 Å². The van der Waals surface area contributed by atoms with Crippen molar-refractivity contribution in [2.75, 3.05) is 38.8 Å². The third-order valence-electron chi connectivity index (χ3n) is 6.72. The van der Waals surface area contributed by atoms with Crippen LogP contribution >= 0.6 is 0 Å². The van der Waals surface area contributed by atoms with Gasteiger partial charge in [0.05, 0.1) is 25.9 Å². The van der Waals surface area contributed by atoms with E-state index in [-0.39, 0.29) is 5.92 Å². The molecule has 0 amide bonds. The summed E-state index contributed by atoms with van der Waals surface area (Å²) in [5, 5.41) is 3.39. The van der Waals surface area contributed by atoms with Gasteiger partial charge in [-0.05, 0) is 80.8 Å². The van der Waals surface area contributed by atoms with Gasteiger partial charge >= 0.3 is 5.97 Å². The number of hydrogen-bond donors (Lipinski definition) is 1. The maximum absolute atomic E-state index is 12.1. The zero-order valence-electron chi connectivity index (χ0n) is 21.3. The number of esters is 1. The van der Waals surface area contributed by atoms with E-state index >= 15 is 0 Å². The van der Waals surface area contributed by atoms with Crippen molar-refractivity contribution in [2.45, 2.75) is 32.1 Å². The molecule has 0 saturated heterocycles. The standard InChI is InChI=1S/C29H35N3O4/c1-20(26(13-15-30-2)29(33)34-4)31-18-22-14-16-35-28-17-24(9-12-27(22)28)32(3)23-7-10-25(11-8-23)36-19-21-5-6-21/h7-13,15,17,21-22,31H,2,5-6,14,16,18-19H2,1,3-4H3/b15-13-,26-20-/t22-/m0/s1. The first-order chi connectivity index (χ1) is 17.5. The van der Waals surface area contributed by atoms with Gasteiger partial charge in [0, 0.05) is 48.8 Å². The molecule has 190 valence electrons. The summed E-state index contributed by atoms with van der Waals surface area (Å²) in [6, 6.07) is 14.6. The number of rotatable bonds is 11. The predicted octanol–water partition coefficient (Wildman–Crippen LogP) is 5.36. The normalized spacial score (nSPS) is 17.5. The molecule has 7 nitrogen and oxygen atoms in total. The molecule has 36 heavy (non-hydrogen) atoms. The Morgan fingerprint density at radius 3 is 2.64 bits per heavy atom. The number of methoxy groups -OCH3 is 1. The molecule has 0 bridgehead atoms. The van der Waals surface area contributed by atoms with Gasteiger partial charge in [-0.1, -0.05) is 6.07 Å². The Morgan fingerprint density at radius 2 is 1.94 bits per heavy atom. The number of fused-ring (bicyclic) bond motifs is 1. The van der Waals surface area contributed by atoms with Crippen molar-refractivity contribution in [2.24, 2.45) is 10.9 Å². The minimum absolute atomic E-state index is 0.256. The van der Waals surface area contributed by atoms with Gasteiger partial charge in [-0.3, -0.25) is 4.99 Å². The molecule has 1 N–H and O–H groups in total. The lowest BCUT2D eigenvalue weighted by molar-refractivity contribution is -0.135. The summed E-state index contributed by atoms with van der Waals surface area (Å²) in [5.74, 6) is 2.39. The van der Waals surface area contributed by atoms with E-state index < -0.39 is 5.97 Å². The lowest BCUT2D eigenvalue weighted by Crippen LogP contribution is -2.26. The average Bonchev–Trinajstić information content (AvgIpc) is 3.75. The molecule has 1 saturated carbocycles. The highest BCUT2D eigenvalue weighted by atomic mass is 16.5. The van der Waals surface area contributed by atoms with Crippen molar-refractivity contribution in [1.29, 1.82) is 0 Å². The van der Waals surface area contributed by atoms with Crippen LogP contribution in [0.3, 0.4) is 0 Å². The Hall–Kier alpha value is -3.74. The van der Waals surface area contributed by atoms with Gasteiger partial charge in [0.2, 0.25) is 0 Å². The number of carbonyl (C=O) groups excluding carboxylic acids is 1. The van der Waals surface area contributed by atoms with E-state index in [4.69, 9.17) is 14.2 Å². The SMILES string of the molecule is C=N/C=C\C(C(=O)OC)=C(/C)NC[C@@H]1CCOc2cc(N(C)c3ccc(OCC4CC4)cc3)ccc21. The van der Waals surface area contributed by atoms with Crippen LogP contribution in [-0.4, -0.2) is 46.6 Å². The number of anilines is 2. The smallest absolute Gasteiger partial charge is 0.339 e. The third-order valence-corrected chi connectivity index (χ3v) is 6.72. The molecule has 1 heterocycles. The van der Waals surface area contributed by atoms with E-state index in [0.29, 0.717) is 18.7 Å². The van der Waals surface area contributed by atoms with Crippen LogP contribution in [-0.2, 0) is 9.53 Å². The summed E-state index contributed by atoms with van der Waals surface area (Å²) in [7, 11) is 3.42. The van der Waals surface area contributed by atoms with Crippen LogP contribution in [0.5, 0.6) is 11.5 Å². The maximum Gasteiger partial charge on any atom is 0.339 e. The Kier molecular flexibility index (Phi) is 8.31. The van der Waals surface area contributed by atoms with Gasteiger partial charge in [0.25, 0.3) is 0 Å². The molecule has 2 aromatic rings. The largest absolute Gasteiger partial charge is 0.493 e. The number of hydrogen-bond acceptors (Lipinski definition) is 7. The molecular formula is C29H35N3O4. The first kappa shape index (κ1) is 25.4. The van der Waals surface area contributed by atoms with Crippen molar-refractivity contribution in [3.63, 3.8) is 0 Å². The molecule has 1 aliphatic carbocycles. The fourth-order valence-electron chi connectivity index (χ4n) is 4.24. The van der Waals surface area contributed by atoms with E-state index in [1.54, 1.807) is 6.08 Å². The Morgan fingerprint density at radius 1 is 1.19 bits per heavy atom. The quantitative estimate of drug-likeness (QED) is 0.198. The predicted molar refractivity (Wildman–Crippen MR) is 143 cm³/mol. The second kappa shape index (κ2) is 11.8. The Bertz CT molecular complexity index is 1140. The molecule has 1 aliphatic heterocycles. The van der Waals surface area contributed by atoms with E-state index in [0.717, 1.165) is 53.1 Å². The highest BCUT2D eigenvalue weighted by Gasteiger charge is 2.24. The molecule has 0 radical (unpaired) electrons. The summed E-state index contributed by atoms with van der Waals surface area (Å²) in [6.45, 7) is 7.42. The molecule has 4 rings (SSSR count). The lowest BCUT2D eigenvalue weighted by Gasteiger charge is -2.29. The molecule has 2 aliphatic rings. The Labute approximate surface area is 213 Å². The summed E-state index contributed by atoms with van der Waals surface area (Å²) in [4.78, 5) is 18.0. The van der Waals surface area contributed by atoms with Crippen LogP contribution in [0.25, 0.3) is 0 Å². The fraction of sp³-hybridized carbons (Fsp3) is 0.379. The molecule has 1 atom stereocenters. The molecule has 1 fully saturated rings. The monoisotopic (exact) mass is 489 g/mol. The molecule has 7 heteroatoms. The van der Waals surface area contributed by atoms with Crippen molar-refractivity contribution in [3.05, 3.63) is 71.6 Å². The lowest BCUT2D eigenvalue weighted by atomic mass is 9.92. The molecule has 0 spiro atoms. The van der Waals surface area contributed by atoms with Crippen molar-refractivity contribution in [3.8, 4) is 11.5 Å². The Balaban J connectivity index is 1.43. The molecule has 0 aromatic heterocycles. The summed E-state index contributed by atoms with van der Waals surface area (Å²) >= 11 is 0. The summed E-state index contributed by atoms with van der Waals surface area (Å²) in [5.41, 5.74) is 4.46. The van der Waals surface area contributed by atoms with Crippen LogP contribution in [0, 0.1) is 5.92 Å². The topological polar surface area (TPSA) is 72.4 Å². The fourth-order valence-corrected chi connectivity index (χ4v) is 4.24. The highest BCUT2D eigenvalue weighted by Crippen LogP contribution is 2.38. The molecular weight excluding hydrogens is 454 g/mol. The number of allylic oxidation sites excluding steroid dienone is 1. The number of carbonyl (C=O) groups is 1. The minimum atomic E-state index is -0.414. The number of benzene rings is 2. The zero-order chi connectivity index (χ0) is 25.5. The van der Waals surface area contributed by atoms with Gasteiger partial charge in [0.15, 0.2) is 0 Å². The van der Waals surface area contributed by atoms with Crippen LogP contribution < -0.4 is 19.7 Å². The minimum Gasteiger partial charge on any atom is -0.493 e. The van der Waals surface area contributed by atoms with Crippen molar-refractivity contribution < 1.29 is 19.0 Å². The van der Waals surface area contributed by atoms with Gasteiger partial charge in [-0.15, -0.1) is 0 Å². The average molecular weight is 490 g/mol. The van der Waals surface area contributed by atoms with Gasteiger partial charge in [0.1, 0.15) is 11.5 Å². The summed E-state index contributed by atoms with van der Waals surface area (Å²) in [6.07, 6.45) is 6.55. The number of ether oxygens (including phenoxy) is 3. The van der Waals surface area contributed by atoms with Gasteiger partial charge < -0.3 is 24.4 Å². The van der Waals surface area contributed by atoms with E-state index in [1.807, 2.05) is 19.1 Å². The zero-order valence-corrected chi connectivity index (χ0v) is 21.3. The van der Waals surface area contributed by atoms with Crippen LogP contribution in [0.4, 0.5) is 11.4 Å². The van der Waals surface area contributed by atoms with E-state index in [9.17, 15) is 4.79 Å². The maximum atomic E-state index is 12.1. The first-order valence-corrected chi connectivity index (χ1v) is 12.4. The third kappa shape index (κ3) is 6.27. The van der Waals surface area contributed by atoms with Crippen LogP contribution in [0.1, 0.15) is 37.7 Å². The van der Waals surface area contributed by atoms with E-state index in [2.05, 4.69) is 59.3 Å². The number of aliphatic imine (C=N–C) groups is 1. The van der Waals surface area contributed by atoms with Crippen LogP contribution in [0.15, 0.2) is 71.0 Å². The number of nitrogens with zero attached hydrogens (tertiary/aromatic N) is 2. The van der Waals surface area contributed by atoms with Crippen molar-refractivity contribution >= 4 is 24.1 Å². The highest BCUT2D eigenvalue weighted by molar-refractivity contribution is 5.92. The van der Waals surface area contributed by atoms with Crippen molar-refractivity contribution in [1.82, 2.24) is 5.32 Å². The molecule has 0 unspecified atom stereocenters. The van der Waals surface area contributed by atoms with Gasteiger partial charge in [-0.2, -0.15) is 0 Å². The number of nitrogens with one attached hydrogen (secondary N) is 1. The second-order valence-corrected chi connectivity index (χ2v) is 9.27. The summed E-state index contributed by atoms with van der Waals surface area (Å²) < 4.78 is 16.8. The second-order valence-electron chi connectivity index (χ2n) is 9.27. The molecule has 2 aromatic carbocycles. The first-order valence-electron chi connectivity index (χ1n) is 12.4.